The number of aryl methyl sites for hydroxylation is 2. The number of unbranched alkanes of at least 4 members (excludes halogenated alkanes) is 19. The molecule has 1 heterocycles. The fourth-order valence-corrected chi connectivity index (χ4v) is 5.73. The lowest BCUT2D eigenvalue weighted by molar-refractivity contribution is -0.697. The Morgan fingerprint density at radius 3 is 1.79 bits per heavy atom. The van der Waals surface area contributed by atoms with Gasteiger partial charge < -0.3 is 14.6 Å². The highest BCUT2D eigenvalue weighted by molar-refractivity contribution is 5.90. The summed E-state index contributed by atoms with van der Waals surface area (Å²) in [5, 5.41) is 11.1. The zero-order valence-corrected chi connectivity index (χ0v) is 27.2. The molecule has 5 nitrogen and oxygen atoms in total. The molecule has 0 saturated heterocycles. The van der Waals surface area contributed by atoms with Crippen molar-refractivity contribution in [2.24, 2.45) is 0 Å². The molecule has 43 heavy (non-hydrogen) atoms. The number of benzene rings is 1. The summed E-state index contributed by atoms with van der Waals surface area (Å²) in [7, 11) is 0. The molecular formula is C38H59NO4. The maximum absolute atomic E-state index is 12.1. The predicted molar refractivity (Wildman–Crippen MR) is 174 cm³/mol. The van der Waals surface area contributed by atoms with Crippen LogP contribution in [0.5, 0.6) is 5.75 Å². The molecule has 0 N–H and O–H groups in total. The van der Waals surface area contributed by atoms with E-state index in [4.69, 9.17) is 4.74 Å². The molecule has 0 unspecified atom stereocenters. The number of carbonyl (C=O) groups is 2. The Morgan fingerprint density at radius 2 is 1.19 bits per heavy atom. The van der Waals surface area contributed by atoms with E-state index in [2.05, 4.69) is 36.0 Å². The highest BCUT2D eigenvalue weighted by atomic mass is 16.5. The van der Waals surface area contributed by atoms with E-state index in [0.717, 1.165) is 32.2 Å². The third kappa shape index (κ3) is 18.6. The van der Waals surface area contributed by atoms with Gasteiger partial charge in [-0.05, 0) is 43.9 Å². The summed E-state index contributed by atoms with van der Waals surface area (Å²) in [6.45, 7) is 3.41. The Morgan fingerprint density at radius 1 is 0.651 bits per heavy atom. The lowest BCUT2D eigenvalue weighted by Gasteiger charge is -2.10. The predicted octanol–water partition coefficient (Wildman–Crippen LogP) is 9.09. The summed E-state index contributed by atoms with van der Waals surface area (Å²) in [5.41, 5.74) is 1.35. The molecule has 1 aromatic carbocycles. The molecule has 0 atom stereocenters. The summed E-state index contributed by atoms with van der Waals surface area (Å²) in [5.74, 6) is -1.67. The molecule has 0 bridgehead atoms. The van der Waals surface area contributed by atoms with Crippen molar-refractivity contribution < 1.29 is 24.0 Å². The molecule has 0 radical (unpaired) electrons. The van der Waals surface area contributed by atoms with Gasteiger partial charge in [0.15, 0.2) is 12.4 Å². The molecule has 0 aliphatic heterocycles. The molecule has 5 heteroatoms. The number of hydrogen-bond donors (Lipinski definition) is 0. The Kier molecular flexibility index (Phi) is 21.0. The lowest BCUT2D eigenvalue weighted by Crippen LogP contribution is -2.33. The second-order valence-electron chi connectivity index (χ2n) is 12.3. The van der Waals surface area contributed by atoms with E-state index in [1.807, 2.05) is 0 Å². The number of para-hydroxylation sites is 1. The Bertz CT molecular complexity index is 1000. The van der Waals surface area contributed by atoms with Crippen molar-refractivity contribution >= 4 is 11.9 Å². The number of pyridine rings is 1. The van der Waals surface area contributed by atoms with Crippen LogP contribution < -0.4 is 14.4 Å². The average molecular weight is 594 g/mol. The zero-order chi connectivity index (χ0) is 30.8. The molecule has 0 amide bonds. The van der Waals surface area contributed by atoms with E-state index in [1.54, 1.807) is 12.1 Å². The maximum Gasteiger partial charge on any atom is 0.311 e. The Balaban J connectivity index is 1.40. The Labute approximate surface area is 262 Å². The van der Waals surface area contributed by atoms with Gasteiger partial charge in [-0.2, -0.15) is 0 Å². The standard InChI is InChI=1S/C38H59NO4/c1-2-3-4-5-6-7-8-9-10-11-12-16-19-24-31-39-32-25-27-34(33-39)26-20-17-14-13-15-18-21-30-37(40)43-36-29-23-22-28-35(36)38(41)42/h22-23,25,27-29,32-33H,2-21,24,26,30-31H2,1H3. The molecule has 2 aromatic rings. The van der Waals surface area contributed by atoms with E-state index in [-0.39, 0.29) is 11.3 Å². The number of carboxylic acid groups (broad SMARTS) is 1. The minimum atomic E-state index is -1.34. The topological polar surface area (TPSA) is 70.3 Å². The number of aromatic carboxylic acids is 1. The highest BCUT2D eigenvalue weighted by Gasteiger charge is 2.09. The fourth-order valence-electron chi connectivity index (χ4n) is 5.73. The number of rotatable bonds is 27. The second-order valence-corrected chi connectivity index (χ2v) is 12.3. The molecule has 2 rings (SSSR count). The summed E-state index contributed by atoms with van der Waals surface area (Å²) in [6, 6.07) is 10.5. The van der Waals surface area contributed by atoms with Crippen molar-refractivity contribution in [3.05, 3.63) is 59.9 Å². The molecule has 1 aromatic heterocycles. The second kappa shape index (κ2) is 24.7. The van der Waals surface area contributed by atoms with Gasteiger partial charge in [-0.15, -0.1) is 0 Å². The largest absolute Gasteiger partial charge is 0.545 e. The third-order valence-electron chi connectivity index (χ3n) is 8.37. The maximum atomic E-state index is 12.1. The van der Waals surface area contributed by atoms with Gasteiger partial charge >= 0.3 is 5.97 Å². The first-order chi connectivity index (χ1) is 21.1. The van der Waals surface area contributed by atoms with Crippen LogP contribution in [0.3, 0.4) is 0 Å². The normalized spacial score (nSPS) is 11.1. The monoisotopic (exact) mass is 593 g/mol. The smallest absolute Gasteiger partial charge is 0.311 e. The molecule has 0 fully saturated rings. The number of ether oxygens (including phenoxy) is 1. The number of esters is 1. The van der Waals surface area contributed by atoms with Crippen LogP contribution in [0.15, 0.2) is 48.8 Å². The minimum absolute atomic E-state index is 0.0613. The fraction of sp³-hybridized carbons (Fsp3) is 0.658. The third-order valence-corrected chi connectivity index (χ3v) is 8.37. The van der Waals surface area contributed by atoms with Crippen molar-refractivity contribution in [3.63, 3.8) is 0 Å². The molecule has 0 spiro atoms. The van der Waals surface area contributed by atoms with Crippen LogP contribution in [-0.4, -0.2) is 11.9 Å². The van der Waals surface area contributed by atoms with Crippen molar-refractivity contribution in [1.29, 1.82) is 0 Å². The van der Waals surface area contributed by atoms with E-state index in [9.17, 15) is 14.7 Å². The van der Waals surface area contributed by atoms with Crippen LogP contribution >= 0.6 is 0 Å². The van der Waals surface area contributed by atoms with E-state index < -0.39 is 11.9 Å². The first-order valence-corrected chi connectivity index (χ1v) is 17.6. The van der Waals surface area contributed by atoms with Crippen molar-refractivity contribution in [2.75, 3.05) is 0 Å². The zero-order valence-electron chi connectivity index (χ0n) is 27.2. The molecular weight excluding hydrogens is 534 g/mol. The van der Waals surface area contributed by atoms with Gasteiger partial charge in [-0.1, -0.05) is 128 Å². The first kappa shape index (κ1) is 36.5. The SMILES string of the molecule is CCCCCCCCCCCCCCCC[n+]1cccc(CCCCCCCCCC(=O)Oc2ccccc2C(=O)[O-])c1. The number of hydrogen-bond acceptors (Lipinski definition) is 4. The summed E-state index contributed by atoms with van der Waals surface area (Å²) >= 11 is 0. The van der Waals surface area contributed by atoms with Crippen LogP contribution in [-0.2, 0) is 17.8 Å². The van der Waals surface area contributed by atoms with E-state index in [0.29, 0.717) is 6.42 Å². The van der Waals surface area contributed by atoms with Crippen LogP contribution in [0.4, 0.5) is 0 Å². The van der Waals surface area contributed by atoms with Crippen molar-refractivity contribution in [3.8, 4) is 5.75 Å². The summed E-state index contributed by atoms with van der Waals surface area (Å²) < 4.78 is 7.59. The summed E-state index contributed by atoms with van der Waals surface area (Å²) in [4.78, 5) is 23.2. The van der Waals surface area contributed by atoms with Gasteiger partial charge in [0.25, 0.3) is 0 Å². The van der Waals surface area contributed by atoms with Gasteiger partial charge in [-0.25, -0.2) is 4.57 Å². The van der Waals surface area contributed by atoms with Gasteiger partial charge in [0.05, 0.1) is 5.97 Å². The van der Waals surface area contributed by atoms with Crippen molar-refractivity contribution in [2.45, 2.75) is 161 Å². The van der Waals surface area contributed by atoms with Crippen molar-refractivity contribution in [1.82, 2.24) is 0 Å². The molecule has 0 saturated carbocycles. The average Bonchev–Trinajstić information content (AvgIpc) is 3.00. The Hall–Kier alpha value is -2.69. The van der Waals surface area contributed by atoms with Gasteiger partial charge in [0.1, 0.15) is 12.3 Å². The van der Waals surface area contributed by atoms with E-state index >= 15 is 0 Å². The highest BCUT2D eigenvalue weighted by Crippen LogP contribution is 2.19. The van der Waals surface area contributed by atoms with Crippen LogP contribution in [0.25, 0.3) is 0 Å². The van der Waals surface area contributed by atoms with Crippen LogP contribution in [0, 0.1) is 0 Å². The van der Waals surface area contributed by atoms with Crippen LogP contribution in [0.2, 0.25) is 0 Å². The quantitative estimate of drug-likeness (QED) is 0.0448. The van der Waals surface area contributed by atoms with Crippen LogP contribution in [0.1, 0.15) is 164 Å². The van der Waals surface area contributed by atoms with Gasteiger partial charge in [0, 0.05) is 30.0 Å². The minimum Gasteiger partial charge on any atom is -0.545 e. The number of carboxylic acids is 1. The number of nitrogens with zero attached hydrogens (tertiary/aromatic N) is 1. The van der Waals surface area contributed by atoms with E-state index in [1.165, 1.54) is 133 Å². The molecule has 240 valence electrons. The van der Waals surface area contributed by atoms with Gasteiger partial charge in [0.2, 0.25) is 0 Å². The molecule has 0 aliphatic rings. The molecule has 0 aliphatic carbocycles. The number of aromatic nitrogens is 1. The number of carbonyl (C=O) groups excluding carboxylic acids is 2. The first-order valence-electron chi connectivity index (χ1n) is 17.6. The lowest BCUT2D eigenvalue weighted by atomic mass is 10.0. The summed E-state index contributed by atoms with van der Waals surface area (Å²) in [6.07, 6.45) is 33.3. The van der Waals surface area contributed by atoms with Gasteiger partial charge in [-0.3, -0.25) is 4.79 Å².